The molecule has 1 aromatic rings. The number of benzene rings is 1. The van der Waals surface area contributed by atoms with Gasteiger partial charge in [0.25, 0.3) is 0 Å². The molecule has 1 aromatic carbocycles. The van der Waals surface area contributed by atoms with E-state index < -0.39 is 11.6 Å². The first kappa shape index (κ1) is 7.19. The van der Waals surface area contributed by atoms with Crippen molar-refractivity contribution in [1.29, 1.82) is 0 Å². The molecule has 2 radical (unpaired) electrons. The first-order valence-corrected chi connectivity index (χ1v) is 2.88. The van der Waals surface area contributed by atoms with Gasteiger partial charge in [0.05, 0.1) is 0 Å². The molecule has 10 heavy (non-hydrogen) atoms. The van der Waals surface area contributed by atoms with Crippen LogP contribution in [0.4, 0.5) is 8.78 Å². The second-order valence-corrected chi connectivity index (χ2v) is 2.13. The average Bonchev–Trinajstić information content (AvgIpc) is 1.84. The molecule has 0 fully saturated rings. The largest absolute Gasteiger partial charge is 0.203 e. The summed E-state index contributed by atoms with van der Waals surface area (Å²) in [5.74, 6) is -1.91. The van der Waals surface area contributed by atoms with E-state index in [4.69, 9.17) is 0 Å². The Morgan fingerprint density at radius 1 is 0.900 bits per heavy atom. The lowest BCUT2D eigenvalue weighted by Crippen LogP contribution is -1.89. The molecule has 0 aliphatic rings. The van der Waals surface area contributed by atoms with Crippen molar-refractivity contribution in [2.75, 3.05) is 0 Å². The van der Waals surface area contributed by atoms with Crippen LogP contribution in [0.3, 0.4) is 0 Å². The highest BCUT2D eigenvalue weighted by Crippen LogP contribution is 2.10. The third kappa shape index (κ3) is 1.15. The molecule has 0 atom stereocenters. The summed E-state index contributed by atoms with van der Waals surface area (Å²) < 4.78 is 24.6. The predicted molar refractivity (Wildman–Crippen MR) is 33.5 cm³/mol. The van der Waals surface area contributed by atoms with E-state index in [0.717, 1.165) is 0 Å². The summed E-state index contributed by atoms with van der Waals surface area (Å²) >= 11 is 0. The quantitative estimate of drug-likeness (QED) is 0.518. The maximum atomic E-state index is 12.3. The van der Waals surface area contributed by atoms with Crippen molar-refractivity contribution in [3.63, 3.8) is 0 Å². The van der Waals surface area contributed by atoms with Crippen molar-refractivity contribution in [1.82, 2.24) is 0 Å². The van der Waals surface area contributed by atoms with Crippen LogP contribution in [0.2, 0.25) is 0 Å². The highest BCUT2D eigenvalue weighted by Gasteiger charge is 2.03. The molecule has 0 nitrogen and oxygen atoms in total. The lowest BCUT2D eigenvalue weighted by molar-refractivity contribution is 0.503. The standard InChI is InChI=1S/C8H6F2/c1-5-3-7(9)8(10)4-6(5)2/h1-2H3. The van der Waals surface area contributed by atoms with Crippen molar-refractivity contribution < 1.29 is 8.78 Å². The van der Waals surface area contributed by atoms with E-state index in [0.29, 0.717) is 11.1 Å². The molecule has 0 saturated carbocycles. The lowest BCUT2D eigenvalue weighted by atomic mass is 10.1. The van der Waals surface area contributed by atoms with Crippen LogP contribution in [-0.2, 0) is 0 Å². The summed E-state index contributed by atoms with van der Waals surface area (Å²) in [6, 6.07) is 4.47. The van der Waals surface area contributed by atoms with Gasteiger partial charge in [-0.05, 0) is 25.0 Å². The molecule has 0 heterocycles. The molecule has 0 aliphatic heterocycles. The van der Waals surface area contributed by atoms with Crippen LogP contribution in [0.15, 0.2) is 0 Å². The normalized spacial score (nSPS) is 10.0. The summed E-state index contributed by atoms with van der Waals surface area (Å²) in [6.45, 7) is 3.32. The molecule has 0 bridgehead atoms. The summed E-state index contributed by atoms with van der Waals surface area (Å²) in [5.41, 5.74) is 1.19. The van der Waals surface area contributed by atoms with Crippen LogP contribution >= 0.6 is 0 Å². The van der Waals surface area contributed by atoms with E-state index in [-0.39, 0.29) is 0 Å². The van der Waals surface area contributed by atoms with Crippen LogP contribution in [0.1, 0.15) is 11.1 Å². The van der Waals surface area contributed by atoms with Gasteiger partial charge in [-0.1, -0.05) is 0 Å². The molecule has 52 valence electrons. The van der Waals surface area contributed by atoms with E-state index in [1.54, 1.807) is 13.8 Å². The van der Waals surface area contributed by atoms with E-state index in [9.17, 15) is 8.78 Å². The molecule has 0 unspecified atom stereocenters. The fourth-order valence-corrected chi connectivity index (χ4v) is 0.626. The second-order valence-electron chi connectivity index (χ2n) is 2.13. The Morgan fingerprint density at radius 3 is 1.50 bits per heavy atom. The Balaban J connectivity index is 3.28. The van der Waals surface area contributed by atoms with Gasteiger partial charge in [0.1, 0.15) is 0 Å². The first-order valence-electron chi connectivity index (χ1n) is 2.88. The Hall–Kier alpha value is -0.920. The first-order chi connectivity index (χ1) is 4.61. The minimum Gasteiger partial charge on any atom is -0.203 e. The number of rotatable bonds is 0. The minimum absolute atomic E-state index is 0.596. The third-order valence-electron chi connectivity index (χ3n) is 1.35. The Kier molecular flexibility index (Phi) is 1.70. The Bertz CT molecular complexity index is 203. The minimum atomic E-state index is -0.955. The molecule has 0 aliphatic carbocycles. The van der Waals surface area contributed by atoms with E-state index in [2.05, 4.69) is 12.1 Å². The van der Waals surface area contributed by atoms with Crippen LogP contribution in [0.5, 0.6) is 0 Å². The maximum absolute atomic E-state index is 12.3. The van der Waals surface area contributed by atoms with Gasteiger partial charge in [-0.3, -0.25) is 0 Å². The number of aryl methyl sites for hydroxylation is 2. The van der Waals surface area contributed by atoms with Gasteiger partial charge in [0, 0.05) is 12.1 Å². The van der Waals surface area contributed by atoms with Gasteiger partial charge < -0.3 is 0 Å². The smallest absolute Gasteiger partial charge is 0.167 e. The van der Waals surface area contributed by atoms with Crippen molar-refractivity contribution in [3.8, 4) is 0 Å². The lowest BCUT2D eigenvalue weighted by Gasteiger charge is -1.97. The second kappa shape index (κ2) is 2.37. The van der Waals surface area contributed by atoms with Gasteiger partial charge >= 0.3 is 0 Å². The molecule has 0 amide bonds. The van der Waals surface area contributed by atoms with E-state index in [1.165, 1.54) is 0 Å². The van der Waals surface area contributed by atoms with Crippen molar-refractivity contribution >= 4 is 0 Å². The van der Waals surface area contributed by atoms with Gasteiger partial charge in [-0.15, -0.1) is 0 Å². The Labute approximate surface area is 58.5 Å². The van der Waals surface area contributed by atoms with Gasteiger partial charge in [-0.2, -0.15) is 0 Å². The molecule has 0 N–H and O–H groups in total. The van der Waals surface area contributed by atoms with Crippen molar-refractivity contribution in [2.45, 2.75) is 13.8 Å². The van der Waals surface area contributed by atoms with Crippen LogP contribution < -0.4 is 0 Å². The van der Waals surface area contributed by atoms with Crippen molar-refractivity contribution in [2.24, 2.45) is 0 Å². The van der Waals surface area contributed by atoms with E-state index >= 15 is 0 Å². The maximum Gasteiger partial charge on any atom is 0.167 e. The SMILES string of the molecule is Cc1[c]c(F)c(F)[c]c1C. The predicted octanol–water partition coefficient (Wildman–Crippen LogP) is 2.18. The highest BCUT2D eigenvalue weighted by molar-refractivity contribution is 5.23. The monoisotopic (exact) mass is 140 g/mol. The Morgan fingerprint density at radius 2 is 1.20 bits per heavy atom. The molecule has 0 aromatic heterocycles. The molecular weight excluding hydrogens is 134 g/mol. The molecule has 0 spiro atoms. The average molecular weight is 140 g/mol. The number of hydrogen-bond acceptors (Lipinski definition) is 0. The summed E-state index contributed by atoms with van der Waals surface area (Å²) in [4.78, 5) is 0. The molecule has 1 rings (SSSR count). The topological polar surface area (TPSA) is 0 Å². The van der Waals surface area contributed by atoms with Crippen LogP contribution in [-0.4, -0.2) is 0 Å². The molecule has 0 saturated heterocycles. The van der Waals surface area contributed by atoms with E-state index in [1.807, 2.05) is 0 Å². The fourth-order valence-electron chi connectivity index (χ4n) is 0.626. The zero-order valence-corrected chi connectivity index (χ0v) is 5.76. The molecule has 2 heteroatoms. The summed E-state index contributed by atoms with van der Waals surface area (Å²) in [7, 11) is 0. The van der Waals surface area contributed by atoms with Crippen LogP contribution in [0.25, 0.3) is 0 Å². The fraction of sp³-hybridized carbons (Fsp3) is 0.250. The highest BCUT2D eigenvalue weighted by atomic mass is 19.2. The summed E-state index contributed by atoms with van der Waals surface area (Å²) in [6.07, 6.45) is 0. The number of halogens is 2. The number of hydrogen-bond donors (Lipinski definition) is 0. The van der Waals surface area contributed by atoms with Gasteiger partial charge in [0.2, 0.25) is 0 Å². The van der Waals surface area contributed by atoms with Crippen molar-refractivity contribution in [3.05, 3.63) is 34.9 Å². The molecular formula is C8H6F2. The third-order valence-corrected chi connectivity index (χ3v) is 1.35. The summed E-state index contributed by atoms with van der Waals surface area (Å²) in [5, 5.41) is 0. The van der Waals surface area contributed by atoms with Crippen LogP contribution in [0, 0.1) is 37.6 Å². The van der Waals surface area contributed by atoms with Gasteiger partial charge in [0.15, 0.2) is 11.6 Å². The van der Waals surface area contributed by atoms with Gasteiger partial charge in [-0.25, -0.2) is 8.78 Å². The zero-order valence-electron chi connectivity index (χ0n) is 5.76. The zero-order chi connectivity index (χ0) is 7.72.